The minimum Gasteiger partial charge on any atom is -0.493 e. The maximum atomic E-state index is 12.5. The average molecular weight is 379 g/mol. The zero-order valence-electron chi connectivity index (χ0n) is 14.8. The molecular weight excluding hydrogens is 358 g/mol. The molecule has 2 aromatic carbocycles. The molecule has 0 aromatic heterocycles. The quantitative estimate of drug-likeness (QED) is 0.709. The van der Waals surface area contributed by atoms with E-state index in [4.69, 9.17) is 14.2 Å². The third-order valence-electron chi connectivity index (χ3n) is 3.39. The van der Waals surface area contributed by atoms with Gasteiger partial charge < -0.3 is 14.2 Å². The van der Waals surface area contributed by atoms with E-state index < -0.39 is 16.0 Å². The molecule has 140 valence electrons. The van der Waals surface area contributed by atoms with E-state index in [0.717, 1.165) is 0 Å². The SMILES string of the molecule is CCOC(=O)c1ccc(S(=O)(=O)Nc2ccc(OCC)c(OC)c2)cc1. The monoisotopic (exact) mass is 379 g/mol. The van der Waals surface area contributed by atoms with E-state index >= 15 is 0 Å². The van der Waals surface area contributed by atoms with Gasteiger partial charge in [0.05, 0.1) is 36.5 Å². The van der Waals surface area contributed by atoms with Gasteiger partial charge in [-0.3, -0.25) is 4.72 Å². The molecular formula is C18H21NO6S. The van der Waals surface area contributed by atoms with E-state index in [9.17, 15) is 13.2 Å². The Balaban J connectivity index is 2.21. The number of hydrogen-bond donors (Lipinski definition) is 1. The number of esters is 1. The van der Waals surface area contributed by atoms with Crippen LogP contribution in [0.15, 0.2) is 47.4 Å². The number of carbonyl (C=O) groups excluding carboxylic acids is 1. The van der Waals surface area contributed by atoms with Crippen molar-refractivity contribution in [3.8, 4) is 11.5 Å². The lowest BCUT2D eigenvalue weighted by atomic mass is 10.2. The molecule has 0 radical (unpaired) electrons. The zero-order valence-corrected chi connectivity index (χ0v) is 15.6. The number of nitrogens with one attached hydrogen (secondary N) is 1. The number of sulfonamides is 1. The maximum absolute atomic E-state index is 12.5. The number of rotatable bonds is 8. The highest BCUT2D eigenvalue weighted by Gasteiger charge is 2.17. The number of hydrogen-bond acceptors (Lipinski definition) is 6. The Bertz CT molecular complexity index is 862. The van der Waals surface area contributed by atoms with Crippen molar-refractivity contribution < 1.29 is 27.4 Å². The van der Waals surface area contributed by atoms with Crippen LogP contribution >= 0.6 is 0 Å². The summed E-state index contributed by atoms with van der Waals surface area (Å²) in [6.45, 7) is 4.26. The van der Waals surface area contributed by atoms with E-state index in [0.29, 0.717) is 23.8 Å². The lowest BCUT2D eigenvalue weighted by Gasteiger charge is -2.13. The summed E-state index contributed by atoms with van der Waals surface area (Å²) in [7, 11) is -2.34. The van der Waals surface area contributed by atoms with Gasteiger partial charge in [-0.15, -0.1) is 0 Å². The number of benzene rings is 2. The molecule has 8 heteroatoms. The van der Waals surface area contributed by atoms with Crippen LogP contribution in [0.4, 0.5) is 5.69 Å². The van der Waals surface area contributed by atoms with E-state index in [1.165, 1.54) is 37.4 Å². The largest absolute Gasteiger partial charge is 0.493 e. The first-order valence-electron chi connectivity index (χ1n) is 8.02. The van der Waals surface area contributed by atoms with Crippen molar-refractivity contribution in [1.82, 2.24) is 0 Å². The van der Waals surface area contributed by atoms with Crippen LogP contribution < -0.4 is 14.2 Å². The number of anilines is 1. The molecule has 0 saturated carbocycles. The van der Waals surface area contributed by atoms with Crippen LogP contribution in [0.2, 0.25) is 0 Å². The minimum atomic E-state index is -3.82. The second-order valence-electron chi connectivity index (χ2n) is 5.15. The third kappa shape index (κ3) is 4.66. The highest BCUT2D eigenvalue weighted by Crippen LogP contribution is 2.31. The smallest absolute Gasteiger partial charge is 0.338 e. The van der Waals surface area contributed by atoms with E-state index in [2.05, 4.69) is 4.72 Å². The van der Waals surface area contributed by atoms with Crippen molar-refractivity contribution in [2.45, 2.75) is 18.7 Å². The van der Waals surface area contributed by atoms with Crippen LogP contribution in [0.3, 0.4) is 0 Å². The molecule has 26 heavy (non-hydrogen) atoms. The molecule has 0 unspecified atom stereocenters. The van der Waals surface area contributed by atoms with Gasteiger partial charge in [0.25, 0.3) is 10.0 Å². The summed E-state index contributed by atoms with van der Waals surface area (Å²) in [5.41, 5.74) is 0.619. The Morgan fingerprint density at radius 2 is 1.69 bits per heavy atom. The van der Waals surface area contributed by atoms with Crippen LogP contribution in [0.1, 0.15) is 24.2 Å². The lowest BCUT2D eigenvalue weighted by molar-refractivity contribution is 0.0526. The second kappa shape index (κ2) is 8.57. The third-order valence-corrected chi connectivity index (χ3v) is 4.79. The summed E-state index contributed by atoms with van der Waals surface area (Å²) in [6, 6.07) is 10.3. The summed E-state index contributed by atoms with van der Waals surface area (Å²) in [4.78, 5) is 11.7. The molecule has 0 atom stereocenters. The Morgan fingerprint density at radius 3 is 2.27 bits per heavy atom. The predicted molar refractivity (Wildman–Crippen MR) is 97.4 cm³/mol. The van der Waals surface area contributed by atoms with Crippen LogP contribution in [-0.4, -0.2) is 34.7 Å². The zero-order chi connectivity index (χ0) is 19.2. The first-order valence-corrected chi connectivity index (χ1v) is 9.50. The van der Waals surface area contributed by atoms with Crippen molar-refractivity contribution in [3.05, 3.63) is 48.0 Å². The minimum absolute atomic E-state index is 0.0263. The van der Waals surface area contributed by atoms with Crippen molar-refractivity contribution >= 4 is 21.7 Å². The van der Waals surface area contributed by atoms with E-state index in [1.807, 2.05) is 6.92 Å². The van der Waals surface area contributed by atoms with Crippen LogP contribution in [0.25, 0.3) is 0 Å². The van der Waals surface area contributed by atoms with Gasteiger partial charge in [-0.05, 0) is 50.2 Å². The molecule has 0 aliphatic carbocycles. The summed E-state index contributed by atoms with van der Waals surface area (Å²) in [5, 5.41) is 0. The molecule has 0 aliphatic heterocycles. The topological polar surface area (TPSA) is 90.9 Å². The first-order chi connectivity index (χ1) is 12.4. The molecule has 0 saturated heterocycles. The molecule has 0 spiro atoms. The molecule has 0 fully saturated rings. The molecule has 0 amide bonds. The number of methoxy groups -OCH3 is 1. The molecule has 2 aromatic rings. The Kier molecular flexibility index (Phi) is 6.46. The van der Waals surface area contributed by atoms with Crippen molar-refractivity contribution in [2.24, 2.45) is 0 Å². The number of carbonyl (C=O) groups is 1. The molecule has 2 rings (SSSR count). The summed E-state index contributed by atoms with van der Waals surface area (Å²) >= 11 is 0. The second-order valence-corrected chi connectivity index (χ2v) is 6.83. The summed E-state index contributed by atoms with van der Waals surface area (Å²) < 4.78 is 43.0. The molecule has 0 heterocycles. The Labute approximate surface area is 152 Å². The van der Waals surface area contributed by atoms with Gasteiger partial charge >= 0.3 is 5.97 Å². The Morgan fingerprint density at radius 1 is 1.00 bits per heavy atom. The van der Waals surface area contributed by atoms with Crippen molar-refractivity contribution in [3.63, 3.8) is 0 Å². The first kappa shape index (κ1) is 19.6. The van der Waals surface area contributed by atoms with Gasteiger partial charge in [0, 0.05) is 6.07 Å². The normalized spacial score (nSPS) is 10.9. The van der Waals surface area contributed by atoms with E-state index in [-0.39, 0.29) is 17.1 Å². The van der Waals surface area contributed by atoms with Crippen LogP contribution in [0, 0.1) is 0 Å². The predicted octanol–water partition coefficient (Wildman–Crippen LogP) is 3.07. The standard InChI is InChI=1S/C18H21NO6S/c1-4-24-16-11-8-14(12-17(16)23-3)19-26(21,22)15-9-6-13(7-10-15)18(20)25-5-2/h6-12,19H,4-5H2,1-3H3. The molecule has 7 nitrogen and oxygen atoms in total. The molecule has 0 aliphatic rings. The fourth-order valence-electron chi connectivity index (χ4n) is 2.20. The highest BCUT2D eigenvalue weighted by molar-refractivity contribution is 7.92. The van der Waals surface area contributed by atoms with Gasteiger partial charge in [0.2, 0.25) is 0 Å². The van der Waals surface area contributed by atoms with E-state index in [1.54, 1.807) is 19.1 Å². The van der Waals surface area contributed by atoms with Crippen molar-refractivity contribution in [1.29, 1.82) is 0 Å². The fourth-order valence-corrected chi connectivity index (χ4v) is 3.25. The van der Waals surface area contributed by atoms with Crippen LogP contribution in [0.5, 0.6) is 11.5 Å². The van der Waals surface area contributed by atoms with Gasteiger partial charge in [-0.25, -0.2) is 13.2 Å². The summed E-state index contributed by atoms with van der Waals surface area (Å²) in [5.74, 6) is 0.446. The van der Waals surface area contributed by atoms with Crippen molar-refractivity contribution in [2.75, 3.05) is 25.0 Å². The molecule has 0 bridgehead atoms. The average Bonchev–Trinajstić information content (AvgIpc) is 2.63. The van der Waals surface area contributed by atoms with Gasteiger partial charge in [-0.2, -0.15) is 0 Å². The van der Waals surface area contributed by atoms with Gasteiger partial charge in [0.15, 0.2) is 11.5 Å². The molecule has 1 N–H and O–H groups in total. The van der Waals surface area contributed by atoms with Gasteiger partial charge in [0.1, 0.15) is 0 Å². The lowest BCUT2D eigenvalue weighted by Crippen LogP contribution is -2.13. The summed E-state index contributed by atoms with van der Waals surface area (Å²) in [6.07, 6.45) is 0. The number of ether oxygens (including phenoxy) is 3. The van der Waals surface area contributed by atoms with Crippen LogP contribution in [-0.2, 0) is 14.8 Å². The maximum Gasteiger partial charge on any atom is 0.338 e. The highest BCUT2D eigenvalue weighted by atomic mass is 32.2. The van der Waals surface area contributed by atoms with Gasteiger partial charge in [-0.1, -0.05) is 0 Å². The fraction of sp³-hybridized carbons (Fsp3) is 0.278. The Hall–Kier alpha value is -2.74.